The maximum atomic E-state index is 12.9. The van der Waals surface area contributed by atoms with Crippen molar-refractivity contribution in [2.75, 3.05) is 23.8 Å². The highest BCUT2D eigenvalue weighted by atomic mass is 32.1. The minimum Gasteiger partial charge on any atom is -0.490 e. The lowest BCUT2D eigenvalue weighted by Gasteiger charge is -2.13. The van der Waals surface area contributed by atoms with Crippen LogP contribution in [0.25, 0.3) is 16.2 Å². The average Bonchev–Trinajstić information content (AvgIpc) is 3.41. The topological polar surface area (TPSA) is 107 Å². The summed E-state index contributed by atoms with van der Waals surface area (Å²) in [7, 11) is 0. The van der Waals surface area contributed by atoms with E-state index in [0.717, 1.165) is 24.1 Å². The van der Waals surface area contributed by atoms with Crippen LogP contribution in [0.1, 0.15) is 44.0 Å². The molecule has 0 fully saturated rings. The summed E-state index contributed by atoms with van der Waals surface area (Å²) in [5.74, 6) is 0.885. The smallest absolute Gasteiger partial charge is 0.258 e. The second kappa shape index (κ2) is 11.0. The Labute approximate surface area is 207 Å². The molecule has 0 saturated heterocycles. The fourth-order valence-corrected chi connectivity index (χ4v) is 4.23. The Hall–Kier alpha value is -3.92. The van der Waals surface area contributed by atoms with Gasteiger partial charge in [-0.1, -0.05) is 25.5 Å². The molecule has 4 aromatic rings. The number of thiazole rings is 1. The van der Waals surface area contributed by atoms with E-state index < -0.39 is 0 Å². The first-order chi connectivity index (χ1) is 17.0. The molecule has 0 radical (unpaired) electrons. The Morgan fingerprint density at radius 3 is 2.54 bits per heavy atom. The van der Waals surface area contributed by atoms with Crippen LogP contribution in [-0.4, -0.2) is 39.6 Å². The third kappa shape index (κ3) is 5.78. The Morgan fingerprint density at radius 1 is 1.03 bits per heavy atom. The van der Waals surface area contributed by atoms with E-state index in [1.54, 1.807) is 22.7 Å². The molecule has 10 heteroatoms. The van der Waals surface area contributed by atoms with Crippen LogP contribution in [0.3, 0.4) is 0 Å². The molecule has 182 valence electrons. The molecule has 35 heavy (non-hydrogen) atoms. The minimum absolute atomic E-state index is 0.126. The third-order valence-corrected chi connectivity index (χ3v) is 5.89. The van der Waals surface area contributed by atoms with E-state index in [0.29, 0.717) is 40.9 Å². The Kier molecular flexibility index (Phi) is 7.61. The number of ether oxygens (including phenoxy) is 2. The number of carbonyl (C=O) groups is 2. The van der Waals surface area contributed by atoms with Crippen molar-refractivity contribution < 1.29 is 19.1 Å². The minimum atomic E-state index is -0.342. The summed E-state index contributed by atoms with van der Waals surface area (Å²) in [5.41, 5.74) is 2.88. The first kappa shape index (κ1) is 24.2. The number of carbonyl (C=O) groups excluding carboxylic acids is 2. The summed E-state index contributed by atoms with van der Waals surface area (Å²) in [6.07, 6.45) is 1.97. The fourth-order valence-electron chi connectivity index (χ4n) is 3.40. The molecular weight excluding hydrogens is 466 g/mol. The molecule has 9 nitrogen and oxygen atoms in total. The molecule has 2 amide bonds. The largest absolute Gasteiger partial charge is 0.490 e. The Balaban J connectivity index is 1.51. The number of benzene rings is 2. The summed E-state index contributed by atoms with van der Waals surface area (Å²) in [5, 5.41) is 11.9. The van der Waals surface area contributed by atoms with E-state index in [2.05, 4.69) is 27.6 Å². The average molecular weight is 494 g/mol. The number of hydrogen-bond acceptors (Lipinski definition) is 7. The lowest BCUT2D eigenvalue weighted by Crippen LogP contribution is -2.13. The number of anilines is 2. The van der Waals surface area contributed by atoms with Gasteiger partial charge in [0.05, 0.1) is 18.9 Å². The molecule has 0 spiro atoms. The van der Waals surface area contributed by atoms with Crippen molar-refractivity contribution in [3.8, 4) is 22.8 Å². The maximum absolute atomic E-state index is 12.9. The molecule has 0 saturated carbocycles. The van der Waals surface area contributed by atoms with E-state index in [-0.39, 0.29) is 17.8 Å². The van der Waals surface area contributed by atoms with Crippen molar-refractivity contribution >= 4 is 39.7 Å². The molecule has 4 rings (SSSR count). The maximum Gasteiger partial charge on any atom is 0.258 e. The summed E-state index contributed by atoms with van der Waals surface area (Å²) in [6, 6.07) is 12.5. The molecule has 2 aromatic carbocycles. The van der Waals surface area contributed by atoms with Gasteiger partial charge in [0.15, 0.2) is 11.5 Å². The molecule has 0 aliphatic heterocycles. The Morgan fingerprint density at radius 2 is 1.83 bits per heavy atom. The van der Waals surface area contributed by atoms with E-state index in [9.17, 15) is 9.59 Å². The number of unbranched alkanes of at least 4 members (excludes halogenated alkanes) is 1. The van der Waals surface area contributed by atoms with E-state index >= 15 is 0 Å². The zero-order valence-corrected chi connectivity index (χ0v) is 20.6. The molecule has 0 unspecified atom stereocenters. The fraction of sp³-hybridized carbons (Fsp3) is 0.280. The second-order valence-corrected chi connectivity index (χ2v) is 8.60. The van der Waals surface area contributed by atoms with Crippen molar-refractivity contribution in [2.24, 2.45) is 0 Å². The molecule has 0 atom stereocenters. The van der Waals surface area contributed by atoms with Gasteiger partial charge in [-0.3, -0.25) is 14.9 Å². The number of hydrogen-bond donors (Lipinski definition) is 2. The third-order valence-electron chi connectivity index (χ3n) is 5.07. The molecule has 0 aliphatic carbocycles. The van der Waals surface area contributed by atoms with Crippen molar-refractivity contribution in [3.63, 3.8) is 0 Å². The first-order valence-corrected chi connectivity index (χ1v) is 12.3. The van der Waals surface area contributed by atoms with Gasteiger partial charge in [-0.25, -0.2) is 4.52 Å². The first-order valence-electron chi connectivity index (χ1n) is 11.4. The van der Waals surface area contributed by atoms with Crippen molar-refractivity contribution in [3.05, 3.63) is 53.4 Å². The second-order valence-electron chi connectivity index (χ2n) is 7.76. The number of fused-ring (bicyclic) bond motifs is 1. The van der Waals surface area contributed by atoms with Crippen LogP contribution in [0, 0.1) is 0 Å². The molecular formula is C25H27N5O4S. The zero-order chi connectivity index (χ0) is 24.8. The molecule has 0 bridgehead atoms. The van der Waals surface area contributed by atoms with Gasteiger partial charge in [-0.05, 0) is 43.7 Å². The number of aromatic nitrogens is 3. The van der Waals surface area contributed by atoms with Crippen LogP contribution in [0.15, 0.2) is 47.8 Å². The summed E-state index contributed by atoms with van der Waals surface area (Å²) < 4.78 is 13.2. The predicted octanol–water partition coefficient (Wildman–Crippen LogP) is 5.25. The standard InChI is InChI=1S/C25H27N5O4S/c1-4-6-13-34-21-12-9-18(14-22(21)33-5-2)23(32)27-24-28-25-30(29-24)20(15-35-25)17-7-10-19(11-8-17)26-16(3)31/h7-12,14-15H,4-6,13H2,1-3H3,(H,26,31)(H,27,29,32). The Bertz CT molecular complexity index is 1330. The van der Waals surface area contributed by atoms with Crippen LogP contribution < -0.4 is 20.1 Å². The molecule has 2 aromatic heterocycles. The van der Waals surface area contributed by atoms with Crippen molar-refractivity contribution in [1.82, 2.24) is 14.6 Å². The van der Waals surface area contributed by atoms with Crippen LogP contribution in [-0.2, 0) is 4.79 Å². The van der Waals surface area contributed by atoms with Crippen molar-refractivity contribution in [1.29, 1.82) is 0 Å². The van der Waals surface area contributed by atoms with Crippen LogP contribution in [0.5, 0.6) is 11.5 Å². The van der Waals surface area contributed by atoms with Gasteiger partial charge in [0, 0.05) is 29.1 Å². The van der Waals surface area contributed by atoms with Gasteiger partial charge in [0.25, 0.3) is 11.9 Å². The SMILES string of the molecule is CCCCOc1ccc(C(=O)Nc2nc3scc(-c4ccc(NC(C)=O)cc4)n3n2)cc1OCC. The summed E-state index contributed by atoms with van der Waals surface area (Å²) in [4.78, 5) is 29.2. The summed E-state index contributed by atoms with van der Waals surface area (Å²) >= 11 is 1.42. The van der Waals surface area contributed by atoms with Crippen LogP contribution in [0.4, 0.5) is 11.6 Å². The molecule has 0 aliphatic rings. The lowest BCUT2D eigenvalue weighted by molar-refractivity contribution is -0.114. The van der Waals surface area contributed by atoms with E-state index in [1.807, 2.05) is 36.6 Å². The van der Waals surface area contributed by atoms with Crippen LogP contribution in [0.2, 0.25) is 0 Å². The normalized spacial score (nSPS) is 10.8. The summed E-state index contributed by atoms with van der Waals surface area (Å²) in [6.45, 7) is 6.50. The number of rotatable bonds is 10. The van der Waals surface area contributed by atoms with Crippen LogP contribution >= 0.6 is 11.3 Å². The number of nitrogens with one attached hydrogen (secondary N) is 2. The monoisotopic (exact) mass is 493 g/mol. The van der Waals surface area contributed by atoms with E-state index in [1.165, 1.54) is 18.3 Å². The van der Waals surface area contributed by atoms with Gasteiger partial charge in [-0.15, -0.1) is 16.4 Å². The highest BCUT2D eigenvalue weighted by Crippen LogP contribution is 2.30. The lowest BCUT2D eigenvalue weighted by atomic mass is 10.1. The predicted molar refractivity (Wildman–Crippen MR) is 137 cm³/mol. The molecule has 2 N–H and O–H groups in total. The van der Waals surface area contributed by atoms with Gasteiger partial charge < -0.3 is 14.8 Å². The number of nitrogens with zero attached hydrogens (tertiary/aromatic N) is 3. The quantitative estimate of drug-likeness (QED) is 0.292. The highest BCUT2D eigenvalue weighted by molar-refractivity contribution is 7.15. The van der Waals surface area contributed by atoms with Gasteiger partial charge in [-0.2, -0.15) is 4.98 Å². The van der Waals surface area contributed by atoms with Gasteiger partial charge in [0.1, 0.15) is 0 Å². The number of amides is 2. The van der Waals surface area contributed by atoms with Gasteiger partial charge >= 0.3 is 0 Å². The zero-order valence-electron chi connectivity index (χ0n) is 19.8. The molecule has 2 heterocycles. The van der Waals surface area contributed by atoms with E-state index in [4.69, 9.17) is 9.47 Å². The van der Waals surface area contributed by atoms with Crippen molar-refractivity contribution in [2.45, 2.75) is 33.6 Å². The van der Waals surface area contributed by atoms with Gasteiger partial charge in [0.2, 0.25) is 10.9 Å². The highest BCUT2D eigenvalue weighted by Gasteiger charge is 2.16.